The molecule has 2 aromatic carbocycles. The summed E-state index contributed by atoms with van der Waals surface area (Å²) in [6, 6.07) is 10.2. The van der Waals surface area contributed by atoms with Crippen LogP contribution in [0, 0.1) is 11.6 Å². The van der Waals surface area contributed by atoms with Gasteiger partial charge in [-0.15, -0.1) is 0 Å². The normalized spacial score (nSPS) is 10.8. The molecule has 0 aliphatic rings. The van der Waals surface area contributed by atoms with Gasteiger partial charge in [0.25, 0.3) is 5.56 Å². The highest BCUT2D eigenvalue weighted by Gasteiger charge is 2.06. The molecule has 3 aromatic rings. The first-order chi connectivity index (χ1) is 10.1. The molecule has 1 aromatic heterocycles. The van der Waals surface area contributed by atoms with Crippen molar-refractivity contribution in [1.82, 2.24) is 9.97 Å². The van der Waals surface area contributed by atoms with Gasteiger partial charge in [-0.3, -0.25) is 4.79 Å². The van der Waals surface area contributed by atoms with Gasteiger partial charge in [0.15, 0.2) is 0 Å². The first-order valence-electron chi connectivity index (χ1n) is 6.30. The van der Waals surface area contributed by atoms with E-state index >= 15 is 0 Å². The Labute approximate surface area is 118 Å². The van der Waals surface area contributed by atoms with E-state index in [4.69, 9.17) is 0 Å². The van der Waals surface area contributed by atoms with Gasteiger partial charge in [-0.05, 0) is 24.3 Å². The first-order valence-corrected chi connectivity index (χ1v) is 6.30. The second-order valence-corrected chi connectivity index (χ2v) is 4.51. The Morgan fingerprint density at radius 3 is 2.76 bits per heavy atom. The van der Waals surface area contributed by atoms with Gasteiger partial charge in [0.05, 0.1) is 23.1 Å². The number of nitrogens with one attached hydrogen (secondary N) is 2. The van der Waals surface area contributed by atoms with Crippen LogP contribution in [-0.4, -0.2) is 9.97 Å². The predicted octanol–water partition coefficient (Wildman–Crippen LogP) is 2.81. The molecule has 0 saturated carbocycles. The molecule has 1 heterocycles. The summed E-state index contributed by atoms with van der Waals surface area (Å²) in [6.45, 7) is 0.128. The second kappa shape index (κ2) is 5.32. The van der Waals surface area contributed by atoms with Gasteiger partial charge < -0.3 is 10.3 Å². The van der Waals surface area contributed by atoms with Gasteiger partial charge in [-0.1, -0.05) is 12.1 Å². The van der Waals surface area contributed by atoms with Crippen molar-refractivity contribution in [2.45, 2.75) is 6.54 Å². The summed E-state index contributed by atoms with van der Waals surface area (Å²) in [4.78, 5) is 18.8. The van der Waals surface area contributed by atoms with E-state index in [1.807, 2.05) is 0 Å². The van der Waals surface area contributed by atoms with Crippen molar-refractivity contribution < 1.29 is 8.78 Å². The van der Waals surface area contributed by atoms with Crippen molar-refractivity contribution in [1.29, 1.82) is 0 Å². The van der Waals surface area contributed by atoms with Gasteiger partial charge in [0.2, 0.25) is 0 Å². The quantitative estimate of drug-likeness (QED) is 0.778. The Bertz CT molecular complexity index is 861. The van der Waals surface area contributed by atoms with Crippen LogP contribution in [0.4, 0.5) is 14.5 Å². The van der Waals surface area contributed by atoms with Gasteiger partial charge in [0, 0.05) is 6.07 Å². The highest BCUT2D eigenvalue weighted by molar-refractivity contribution is 5.77. The maximum Gasteiger partial charge on any atom is 0.258 e. The van der Waals surface area contributed by atoms with Crippen LogP contribution < -0.4 is 10.9 Å². The van der Waals surface area contributed by atoms with Gasteiger partial charge in [-0.2, -0.15) is 0 Å². The summed E-state index contributed by atoms with van der Waals surface area (Å²) in [5.41, 5.74) is 0.460. The summed E-state index contributed by atoms with van der Waals surface area (Å²) in [6.07, 6.45) is 0. The van der Waals surface area contributed by atoms with Crippen molar-refractivity contribution >= 4 is 16.6 Å². The Morgan fingerprint density at radius 1 is 1.14 bits per heavy atom. The molecular weight excluding hydrogens is 276 g/mol. The molecular formula is C15H11F2N3O. The lowest BCUT2D eigenvalue weighted by molar-refractivity contribution is 0.585. The van der Waals surface area contributed by atoms with Crippen molar-refractivity contribution in [3.8, 4) is 0 Å². The first kappa shape index (κ1) is 13.2. The zero-order valence-electron chi connectivity index (χ0n) is 10.9. The predicted molar refractivity (Wildman–Crippen MR) is 76.0 cm³/mol. The van der Waals surface area contributed by atoms with E-state index < -0.39 is 11.6 Å². The number of hydrogen-bond acceptors (Lipinski definition) is 3. The summed E-state index contributed by atoms with van der Waals surface area (Å²) < 4.78 is 26.3. The Kier molecular flexibility index (Phi) is 3.35. The number of aromatic amines is 1. The molecule has 0 saturated heterocycles. The largest absolute Gasteiger partial charge is 0.375 e. The van der Waals surface area contributed by atoms with Crippen LogP contribution in [0.3, 0.4) is 0 Å². The Morgan fingerprint density at radius 2 is 1.95 bits per heavy atom. The number of rotatable bonds is 3. The van der Waals surface area contributed by atoms with Crippen molar-refractivity contribution in [2.24, 2.45) is 0 Å². The fraction of sp³-hybridized carbons (Fsp3) is 0.0667. The van der Waals surface area contributed by atoms with E-state index in [2.05, 4.69) is 15.3 Å². The lowest BCUT2D eigenvalue weighted by Gasteiger charge is -2.07. The molecule has 0 atom stereocenters. The van der Waals surface area contributed by atoms with Crippen molar-refractivity contribution in [3.05, 3.63) is 70.3 Å². The minimum absolute atomic E-state index is 0.128. The molecule has 0 unspecified atom stereocenters. The summed E-state index contributed by atoms with van der Waals surface area (Å²) in [7, 11) is 0. The minimum Gasteiger partial charge on any atom is -0.375 e. The van der Waals surface area contributed by atoms with Crippen LogP contribution in [0.2, 0.25) is 0 Å². The van der Waals surface area contributed by atoms with Crippen LogP contribution >= 0.6 is 0 Å². The highest BCUT2D eigenvalue weighted by atomic mass is 19.1. The van der Waals surface area contributed by atoms with Crippen molar-refractivity contribution in [3.63, 3.8) is 0 Å². The molecule has 4 nitrogen and oxygen atoms in total. The van der Waals surface area contributed by atoms with Crippen LogP contribution in [-0.2, 0) is 6.54 Å². The minimum atomic E-state index is -0.696. The molecule has 21 heavy (non-hydrogen) atoms. The van der Waals surface area contributed by atoms with Gasteiger partial charge in [0.1, 0.15) is 17.5 Å². The summed E-state index contributed by atoms with van der Waals surface area (Å²) >= 11 is 0. The fourth-order valence-electron chi connectivity index (χ4n) is 2.03. The maximum atomic E-state index is 13.5. The number of halogens is 2. The van der Waals surface area contributed by atoms with E-state index in [1.54, 1.807) is 24.3 Å². The third-order valence-electron chi connectivity index (χ3n) is 3.04. The Hall–Kier alpha value is -2.76. The lowest BCUT2D eigenvalue weighted by atomic mass is 10.2. The molecule has 0 fully saturated rings. The molecule has 0 aliphatic carbocycles. The summed E-state index contributed by atoms with van der Waals surface area (Å²) in [5, 5.41) is 3.27. The zero-order chi connectivity index (χ0) is 14.8. The summed E-state index contributed by atoms with van der Waals surface area (Å²) in [5.74, 6) is -0.962. The van der Waals surface area contributed by atoms with Crippen molar-refractivity contribution in [2.75, 3.05) is 5.32 Å². The van der Waals surface area contributed by atoms with Crippen LogP contribution in [0.25, 0.3) is 10.9 Å². The van der Waals surface area contributed by atoms with Crippen LogP contribution in [0.5, 0.6) is 0 Å². The average molecular weight is 287 g/mol. The van der Waals surface area contributed by atoms with E-state index in [-0.39, 0.29) is 17.8 Å². The molecule has 106 valence electrons. The van der Waals surface area contributed by atoms with E-state index in [1.165, 1.54) is 6.07 Å². The number of hydrogen-bond donors (Lipinski definition) is 2. The van der Waals surface area contributed by atoms with Gasteiger partial charge in [-0.25, -0.2) is 13.8 Å². The fourth-order valence-corrected chi connectivity index (χ4v) is 2.03. The monoisotopic (exact) mass is 287 g/mol. The smallest absolute Gasteiger partial charge is 0.258 e. The standard InChI is InChI=1S/C15H11F2N3O/c16-9-5-6-13(11(17)7-9)18-8-14-19-12-4-2-1-3-10(12)15(21)20-14/h1-7,18H,8H2,(H,19,20,21). The SMILES string of the molecule is O=c1[nH]c(CNc2ccc(F)cc2F)nc2ccccc12. The number of aromatic nitrogens is 2. The molecule has 0 bridgehead atoms. The topological polar surface area (TPSA) is 57.8 Å². The van der Waals surface area contributed by atoms with E-state index in [0.29, 0.717) is 16.7 Å². The highest BCUT2D eigenvalue weighted by Crippen LogP contribution is 2.15. The van der Waals surface area contributed by atoms with Crippen LogP contribution in [0.1, 0.15) is 5.82 Å². The van der Waals surface area contributed by atoms with Gasteiger partial charge >= 0.3 is 0 Å². The number of nitrogens with zero attached hydrogens (tertiary/aromatic N) is 1. The number of H-pyrrole nitrogens is 1. The molecule has 6 heteroatoms. The van der Waals surface area contributed by atoms with E-state index in [0.717, 1.165) is 12.1 Å². The molecule has 0 amide bonds. The number of benzene rings is 2. The molecule has 3 rings (SSSR count). The number of anilines is 1. The molecule has 2 N–H and O–H groups in total. The third-order valence-corrected chi connectivity index (χ3v) is 3.04. The number of para-hydroxylation sites is 1. The molecule has 0 aliphatic heterocycles. The van der Waals surface area contributed by atoms with Crippen LogP contribution in [0.15, 0.2) is 47.3 Å². The average Bonchev–Trinajstić information content (AvgIpc) is 2.46. The number of fused-ring (bicyclic) bond motifs is 1. The molecule has 0 radical (unpaired) electrons. The second-order valence-electron chi connectivity index (χ2n) is 4.51. The maximum absolute atomic E-state index is 13.5. The molecule has 0 spiro atoms. The lowest BCUT2D eigenvalue weighted by Crippen LogP contribution is -2.14. The third kappa shape index (κ3) is 2.74. The van der Waals surface area contributed by atoms with E-state index in [9.17, 15) is 13.6 Å². The zero-order valence-corrected chi connectivity index (χ0v) is 10.9. The Balaban J connectivity index is 1.87.